The van der Waals surface area contributed by atoms with Crippen LogP contribution < -0.4 is 9.64 Å². The van der Waals surface area contributed by atoms with Crippen molar-refractivity contribution in [2.75, 3.05) is 45.2 Å². The lowest BCUT2D eigenvalue weighted by Gasteiger charge is -2.40. The number of rotatable bonds is 7. The summed E-state index contributed by atoms with van der Waals surface area (Å²) in [5, 5.41) is 11.3. The second-order valence-electron chi connectivity index (χ2n) is 11.6. The van der Waals surface area contributed by atoms with Crippen LogP contribution in [0.15, 0.2) is 42.5 Å². The summed E-state index contributed by atoms with van der Waals surface area (Å²) in [6.07, 6.45) is -0.658. The van der Waals surface area contributed by atoms with Gasteiger partial charge in [-0.2, -0.15) is 13.2 Å². The molecule has 0 aliphatic carbocycles. The van der Waals surface area contributed by atoms with Gasteiger partial charge in [-0.1, -0.05) is 43.5 Å². The van der Waals surface area contributed by atoms with Gasteiger partial charge in [0.1, 0.15) is 12.4 Å². The second kappa shape index (κ2) is 13.1. The SMILES string of the molecule is CC1CCN(c2ccc(C(=O)N(C)C)c(Cl)c2)C(COc2cccc([C@@](O)(C(=O)N3CCCCCC3)C(F)(F)F)c2)C1. The van der Waals surface area contributed by atoms with Gasteiger partial charge in [0, 0.05) is 45.0 Å². The van der Waals surface area contributed by atoms with E-state index >= 15 is 0 Å². The summed E-state index contributed by atoms with van der Waals surface area (Å²) in [5.41, 5.74) is -3.03. The molecule has 2 aromatic rings. The molecule has 0 aromatic heterocycles. The molecule has 2 aromatic carbocycles. The topological polar surface area (TPSA) is 73.3 Å². The summed E-state index contributed by atoms with van der Waals surface area (Å²) < 4.78 is 49.1. The van der Waals surface area contributed by atoms with E-state index in [9.17, 15) is 27.9 Å². The molecular weight excluding hydrogens is 571 g/mol. The predicted molar refractivity (Wildman–Crippen MR) is 156 cm³/mol. The van der Waals surface area contributed by atoms with E-state index in [0.29, 0.717) is 35.9 Å². The van der Waals surface area contributed by atoms with Crippen molar-refractivity contribution < 1.29 is 32.6 Å². The highest BCUT2D eigenvalue weighted by molar-refractivity contribution is 6.34. The van der Waals surface area contributed by atoms with Gasteiger partial charge in [-0.25, -0.2) is 0 Å². The minimum atomic E-state index is -5.22. The van der Waals surface area contributed by atoms with Crippen molar-refractivity contribution in [3.05, 3.63) is 58.6 Å². The molecule has 2 aliphatic heterocycles. The third kappa shape index (κ3) is 6.80. The number of benzene rings is 2. The molecule has 42 heavy (non-hydrogen) atoms. The Bertz CT molecular complexity index is 1270. The van der Waals surface area contributed by atoms with Crippen molar-refractivity contribution in [2.45, 2.75) is 63.3 Å². The Morgan fingerprint density at radius 2 is 1.74 bits per heavy atom. The molecule has 11 heteroatoms. The van der Waals surface area contributed by atoms with Crippen molar-refractivity contribution in [3.8, 4) is 5.75 Å². The number of ether oxygens (including phenoxy) is 1. The van der Waals surface area contributed by atoms with Crippen molar-refractivity contribution in [3.63, 3.8) is 0 Å². The maximum atomic E-state index is 14.4. The number of halogens is 4. The molecule has 0 saturated carbocycles. The Labute approximate surface area is 250 Å². The summed E-state index contributed by atoms with van der Waals surface area (Å²) in [4.78, 5) is 30.3. The maximum absolute atomic E-state index is 14.4. The summed E-state index contributed by atoms with van der Waals surface area (Å²) in [6.45, 7) is 3.36. The number of hydrogen-bond acceptors (Lipinski definition) is 5. The molecule has 3 atom stereocenters. The van der Waals surface area contributed by atoms with Crippen LogP contribution in [0, 0.1) is 5.92 Å². The van der Waals surface area contributed by atoms with Crippen molar-refractivity contribution >= 4 is 29.1 Å². The lowest BCUT2D eigenvalue weighted by atomic mass is 9.90. The normalized spacial score (nSPS) is 21.3. The molecular formula is C31H39ClF3N3O4. The Morgan fingerprint density at radius 3 is 2.36 bits per heavy atom. The van der Waals surface area contributed by atoms with Gasteiger partial charge in [0.2, 0.25) is 0 Å². The number of nitrogens with zero attached hydrogens (tertiary/aromatic N) is 3. The quantitative estimate of drug-likeness (QED) is 0.425. The van der Waals surface area contributed by atoms with Crippen molar-refractivity contribution in [1.82, 2.24) is 9.80 Å². The van der Waals surface area contributed by atoms with E-state index in [4.69, 9.17) is 16.3 Å². The van der Waals surface area contributed by atoms with Crippen LogP contribution in [0.1, 0.15) is 61.4 Å². The molecule has 0 spiro atoms. The molecule has 2 saturated heterocycles. The molecule has 2 aliphatic rings. The summed E-state index contributed by atoms with van der Waals surface area (Å²) >= 11 is 6.47. The van der Waals surface area contributed by atoms with E-state index in [1.165, 1.54) is 17.0 Å². The third-order valence-corrected chi connectivity index (χ3v) is 8.52. The highest BCUT2D eigenvalue weighted by Crippen LogP contribution is 2.42. The Balaban J connectivity index is 1.55. The van der Waals surface area contributed by atoms with Gasteiger partial charge >= 0.3 is 6.18 Å². The number of alkyl halides is 3. The number of hydrogen-bond donors (Lipinski definition) is 1. The molecule has 7 nitrogen and oxygen atoms in total. The lowest BCUT2D eigenvalue weighted by Crippen LogP contribution is -2.55. The molecule has 0 bridgehead atoms. The van der Waals surface area contributed by atoms with Gasteiger partial charge in [0.25, 0.3) is 17.4 Å². The first kappa shape index (κ1) is 31.9. The van der Waals surface area contributed by atoms with Crippen LogP contribution in [0.3, 0.4) is 0 Å². The average Bonchev–Trinajstić information content (AvgIpc) is 3.24. The molecule has 1 N–H and O–H groups in total. The molecule has 230 valence electrons. The van der Waals surface area contributed by atoms with Crippen LogP contribution >= 0.6 is 11.6 Å². The van der Waals surface area contributed by atoms with E-state index in [-0.39, 0.29) is 37.4 Å². The van der Waals surface area contributed by atoms with Crippen LogP contribution in [-0.4, -0.2) is 79.3 Å². The smallest absolute Gasteiger partial charge is 0.430 e. The van der Waals surface area contributed by atoms with Crippen LogP contribution in [-0.2, 0) is 10.4 Å². The zero-order valence-electron chi connectivity index (χ0n) is 24.3. The Hall–Kier alpha value is -2.98. The first-order chi connectivity index (χ1) is 19.8. The number of amides is 2. The van der Waals surface area contributed by atoms with Crippen LogP contribution in [0.2, 0.25) is 5.02 Å². The fraction of sp³-hybridized carbons (Fsp3) is 0.548. The van der Waals surface area contributed by atoms with Crippen LogP contribution in [0.4, 0.5) is 18.9 Å². The van der Waals surface area contributed by atoms with Crippen molar-refractivity contribution in [1.29, 1.82) is 0 Å². The standard InChI is InChI=1S/C31H39ClF3N3O4/c1-21-13-16-38(23-11-12-26(27(32)19-23)28(39)36(2)3)24(17-21)20-42-25-10-8-9-22(18-25)30(41,31(33,34)35)29(40)37-14-6-4-5-7-15-37/h8-12,18-19,21,24,41H,4-7,13-17,20H2,1-3H3/t21?,24?,30-/m1/s1. The molecule has 2 fully saturated rings. The van der Waals surface area contributed by atoms with Gasteiger partial charge in [-0.15, -0.1) is 0 Å². The van der Waals surface area contributed by atoms with Gasteiger partial charge in [-0.05, 0) is 61.9 Å². The van der Waals surface area contributed by atoms with E-state index in [1.807, 2.05) is 6.07 Å². The highest BCUT2D eigenvalue weighted by Gasteiger charge is 2.62. The van der Waals surface area contributed by atoms with Crippen molar-refractivity contribution in [2.24, 2.45) is 5.92 Å². The highest BCUT2D eigenvalue weighted by atomic mass is 35.5. The number of carbonyl (C=O) groups is 2. The van der Waals surface area contributed by atoms with Crippen LogP contribution in [0.5, 0.6) is 5.75 Å². The first-order valence-electron chi connectivity index (χ1n) is 14.4. The zero-order chi connectivity index (χ0) is 30.7. The summed E-state index contributed by atoms with van der Waals surface area (Å²) in [5.74, 6) is -1.03. The number of aliphatic hydroxyl groups is 1. The Morgan fingerprint density at radius 1 is 1.05 bits per heavy atom. The van der Waals surface area contributed by atoms with E-state index in [2.05, 4.69) is 11.8 Å². The number of anilines is 1. The minimum absolute atomic E-state index is 0.121. The largest absolute Gasteiger partial charge is 0.491 e. The molecule has 2 amide bonds. The molecule has 2 heterocycles. The molecule has 2 unspecified atom stereocenters. The van der Waals surface area contributed by atoms with E-state index in [1.54, 1.807) is 26.2 Å². The second-order valence-corrected chi connectivity index (χ2v) is 12.0. The summed E-state index contributed by atoms with van der Waals surface area (Å²) in [6, 6.07) is 10.3. The number of likely N-dealkylation sites (tertiary alicyclic amines) is 1. The first-order valence-corrected chi connectivity index (χ1v) is 14.8. The third-order valence-electron chi connectivity index (χ3n) is 8.21. The Kier molecular flexibility index (Phi) is 9.98. The zero-order valence-corrected chi connectivity index (χ0v) is 25.0. The monoisotopic (exact) mass is 609 g/mol. The van der Waals surface area contributed by atoms with Gasteiger partial charge in [0.15, 0.2) is 0 Å². The lowest BCUT2D eigenvalue weighted by molar-refractivity contribution is -0.261. The molecule has 4 rings (SSSR count). The van der Waals surface area contributed by atoms with Gasteiger partial charge in [-0.3, -0.25) is 9.59 Å². The number of piperidine rings is 1. The van der Waals surface area contributed by atoms with Gasteiger partial charge < -0.3 is 24.5 Å². The minimum Gasteiger partial charge on any atom is -0.491 e. The fourth-order valence-electron chi connectivity index (χ4n) is 5.76. The van der Waals surface area contributed by atoms with E-state index < -0.39 is 23.2 Å². The average molecular weight is 610 g/mol. The maximum Gasteiger partial charge on any atom is 0.430 e. The fourth-order valence-corrected chi connectivity index (χ4v) is 6.02. The van der Waals surface area contributed by atoms with Crippen LogP contribution in [0.25, 0.3) is 0 Å². The molecule has 0 radical (unpaired) electrons. The predicted octanol–water partition coefficient (Wildman–Crippen LogP) is 5.88. The van der Waals surface area contributed by atoms with Gasteiger partial charge in [0.05, 0.1) is 16.6 Å². The number of carbonyl (C=O) groups excluding carboxylic acids is 2. The summed E-state index contributed by atoms with van der Waals surface area (Å²) in [7, 11) is 3.31. The van der Waals surface area contributed by atoms with E-state index in [0.717, 1.165) is 48.4 Å².